The van der Waals surface area contributed by atoms with E-state index in [9.17, 15) is 8.42 Å². The number of nitrogens with zero attached hydrogens (tertiary/aromatic N) is 3. The van der Waals surface area contributed by atoms with Gasteiger partial charge in [0.1, 0.15) is 4.90 Å². The molecule has 21 heavy (non-hydrogen) atoms. The van der Waals surface area contributed by atoms with Crippen molar-refractivity contribution in [2.24, 2.45) is 0 Å². The topological polar surface area (TPSA) is 88.9 Å². The first-order chi connectivity index (χ1) is 10.0. The van der Waals surface area contributed by atoms with Crippen molar-refractivity contribution >= 4 is 21.4 Å². The molecule has 0 saturated heterocycles. The Balaban J connectivity index is 2.06. The first-order valence-corrected chi connectivity index (χ1v) is 9.02. The van der Waals surface area contributed by atoms with Crippen LogP contribution in [-0.4, -0.2) is 36.5 Å². The molecule has 116 valence electrons. The molecule has 2 aromatic rings. The van der Waals surface area contributed by atoms with Crippen LogP contribution in [0.1, 0.15) is 17.4 Å². The van der Waals surface area contributed by atoms with E-state index < -0.39 is 10.0 Å². The fourth-order valence-corrected chi connectivity index (χ4v) is 4.72. The molecule has 7 nitrogen and oxygen atoms in total. The van der Waals surface area contributed by atoms with Gasteiger partial charge in [0.25, 0.3) is 0 Å². The molecule has 9 heteroatoms. The van der Waals surface area contributed by atoms with Gasteiger partial charge in [0.15, 0.2) is 0 Å². The number of thiophene rings is 1. The zero-order chi connectivity index (χ0) is 15.3. The standard InChI is InChI=1S/C12H19N5O2S2/c1-3-13-8-11-12(10(2)9-20-11)21(18,19)15-5-7-17-6-4-14-16-17/h4,6,9,13,15H,3,5,7-8H2,1-2H3. The molecule has 0 aromatic carbocycles. The third-order valence-corrected chi connectivity index (χ3v) is 5.82. The largest absolute Gasteiger partial charge is 0.312 e. The Bertz CT molecular complexity index is 664. The van der Waals surface area contributed by atoms with Gasteiger partial charge in [-0.05, 0) is 24.4 Å². The van der Waals surface area contributed by atoms with Gasteiger partial charge in [0, 0.05) is 24.2 Å². The van der Waals surface area contributed by atoms with E-state index in [0.29, 0.717) is 18.0 Å². The van der Waals surface area contributed by atoms with Gasteiger partial charge in [-0.1, -0.05) is 12.1 Å². The molecule has 0 radical (unpaired) electrons. The summed E-state index contributed by atoms with van der Waals surface area (Å²) in [6.07, 6.45) is 3.26. The van der Waals surface area contributed by atoms with Crippen LogP contribution >= 0.6 is 11.3 Å². The highest BCUT2D eigenvalue weighted by atomic mass is 32.2. The molecule has 0 fully saturated rings. The van der Waals surface area contributed by atoms with Gasteiger partial charge < -0.3 is 5.32 Å². The monoisotopic (exact) mass is 329 g/mol. The maximum Gasteiger partial charge on any atom is 0.242 e. The lowest BCUT2D eigenvalue weighted by molar-refractivity contribution is 0.551. The average Bonchev–Trinajstić information content (AvgIpc) is 3.06. The van der Waals surface area contributed by atoms with Crippen molar-refractivity contribution in [1.82, 2.24) is 25.0 Å². The van der Waals surface area contributed by atoms with E-state index in [1.54, 1.807) is 17.1 Å². The summed E-state index contributed by atoms with van der Waals surface area (Å²) in [5, 5.41) is 12.5. The average molecular weight is 329 g/mol. The van der Waals surface area contributed by atoms with Crippen molar-refractivity contribution in [2.45, 2.75) is 31.8 Å². The van der Waals surface area contributed by atoms with E-state index in [0.717, 1.165) is 17.0 Å². The van der Waals surface area contributed by atoms with Crippen molar-refractivity contribution in [3.8, 4) is 0 Å². The number of nitrogens with one attached hydrogen (secondary N) is 2. The molecule has 0 aliphatic carbocycles. The van der Waals surface area contributed by atoms with Crippen LogP contribution in [0.3, 0.4) is 0 Å². The molecule has 2 heterocycles. The smallest absolute Gasteiger partial charge is 0.242 e. The highest BCUT2D eigenvalue weighted by Crippen LogP contribution is 2.26. The molecule has 2 N–H and O–H groups in total. The summed E-state index contributed by atoms with van der Waals surface area (Å²) >= 11 is 1.46. The Labute approximate surface area is 128 Å². The van der Waals surface area contributed by atoms with Crippen LogP contribution in [-0.2, 0) is 23.1 Å². The first kappa shape index (κ1) is 16.1. The highest BCUT2D eigenvalue weighted by molar-refractivity contribution is 7.89. The molecule has 2 aromatic heterocycles. The second-order valence-corrected chi connectivity index (χ2v) is 7.18. The Morgan fingerprint density at radius 2 is 2.24 bits per heavy atom. The molecule has 0 saturated carbocycles. The van der Waals surface area contributed by atoms with Crippen LogP contribution in [0, 0.1) is 6.92 Å². The zero-order valence-corrected chi connectivity index (χ0v) is 13.7. The van der Waals surface area contributed by atoms with Crippen molar-refractivity contribution < 1.29 is 8.42 Å². The van der Waals surface area contributed by atoms with E-state index in [4.69, 9.17) is 0 Å². The van der Waals surface area contributed by atoms with Crippen LogP contribution in [0.2, 0.25) is 0 Å². The number of sulfonamides is 1. The van der Waals surface area contributed by atoms with Gasteiger partial charge in [-0.25, -0.2) is 13.1 Å². The molecule has 0 unspecified atom stereocenters. The summed E-state index contributed by atoms with van der Waals surface area (Å²) in [7, 11) is -3.50. The minimum absolute atomic E-state index is 0.279. The summed E-state index contributed by atoms with van der Waals surface area (Å²) in [4.78, 5) is 1.23. The Hall–Kier alpha value is -1.29. The molecule has 0 spiro atoms. The number of hydrogen-bond donors (Lipinski definition) is 2. The fourth-order valence-electron chi connectivity index (χ4n) is 1.93. The van der Waals surface area contributed by atoms with Crippen LogP contribution in [0.4, 0.5) is 0 Å². The lowest BCUT2D eigenvalue weighted by Gasteiger charge is -2.09. The number of hydrogen-bond acceptors (Lipinski definition) is 6. The molecule has 0 atom stereocenters. The maximum atomic E-state index is 12.4. The molecule has 0 aliphatic heterocycles. The lowest BCUT2D eigenvalue weighted by Crippen LogP contribution is -2.29. The first-order valence-electron chi connectivity index (χ1n) is 6.66. The summed E-state index contributed by atoms with van der Waals surface area (Å²) in [5.74, 6) is 0. The number of rotatable bonds is 8. The van der Waals surface area contributed by atoms with Gasteiger partial charge in [-0.15, -0.1) is 16.4 Å². The molecule has 0 amide bonds. The van der Waals surface area contributed by atoms with Crippen molar-refractivity contribution in [2.75, 3.05) is 13.1 Å². The fraction of sp³-hybridized carbons (Fsp3) is 0.500. The predicted molar refractivity (Wildman–Crippen MR) is 81.6 cm³/mol. The number of aryl methyl sites for hydroxylation is 1. The maximum absolute atomic E-state index is 12.4. The van der Waals surface area contributed by atoms with Crippen LogP contribution in [0.5, 0.6) is 0 Å². The number of aromatic nitrogens is 3. The van der Waals surface area contributed by atoms with Gasteiger partial charge >= 0.3 is 0 Å². The minimum atomic E-state index is -3.50. The van der Waals surface area contributed by atoms with Crippen molar-refractivity contribution in [3.63, 3.8) is 0 Å². The predicted octanol–water partition coefficient (Wildman–Crippen LogP) is 0.736. The molecule has 0 bridgehead atoms. The summed E-state index contributed by atoms with van der Waals surface area (Å²) in [6, 6.07) is 0. The van der Waals surface area contributed by atoms with Crippen LogP contribution in [0.15, 0.2) is 22.7 Å². The van der Waals surface area contributed by atoms with Crippen LogP contribution < -0.4 is 10.0 Å². The molecular formula is C12H19N5O2S2. The third kappa shape index (κ3) is 4.10. The van der Waals surface area contributed by atoms with Gasteiger partial charge in [-0.3, -0.25) is 4.68 Å². The van der Waals surface area contributed by atoms with Crippen molar-refractivity contribution in [3.05, 3.63) is 28.2 Å². The minimum Gasteiger partial charge on any atom is -0.312 e. The van der Waals surface area contributed by atoms with E-state index in [2.05, 4.69) is 20.4 Å². The third-order valence-electron chi connectivity index (χ3n) is 2.90. The van der Waals surface area contributed by atoms with E-state index in [1.807, 2.05) is 19.2 Å². The Morgan fingerprint density at radius 3 is 2.90 bits per heavy atom. The molecular weight excluding hydrogens is 310 g/mol. The van der Waals surface area contributed by atoms with Gasteiger partial charge in [-0.2, -0.15) is 0 Å². The summed E-state index contributed by atoms with van der Waals surface area (Å²) < 4.78 is 29.1. The van der Waals surface area contributed by atoms with E-state index in [-0.39, 0.29) is 6.54 Å². The molecule has 2 rings (SSSR count). The summed E-state index contributed by atoms with van der Waals surface area (Å²) in [6.45, 7) is 5.90. The SMILES string of the molecule is CCNCc1scc(C)c1S(=O)(=O)NCCn1ccnn1. The summed E-state index contributed by atoms with van der Waals surface area (Å²) in [5.41, 5.74) is 0.779. The van der Waals surface area contributed by atoms with Crippen molar-refractivity contribution in [1.29, 1.82) is 0 Å². The quantitative estimate of drug-likeness (QED) is 0.745. The Kier molecular flexibility index (Phi) is 5.45. The normalized spacial score (nSPS) is 11.9. The zero-order valence-electron chi connectivity index (χ0n) is 12.0. The van der Waals surface area contributed by atoms with Crippen LogP contribution in [0.25, 0.3) is 0 Å². The van der Waals surface area contributed by atoms with Gasteiger partial charge in [0.2, 0.25) is 10.0 Å². The molecule has 0 aliphatic rings. The second-order valence-electron chi connectivity index (χ2n) is 4.52. The highest BCUT2D eigenvalue weighted by Gasteiger charge is 2.22. The van der Waals surface area contributed by atoms with E-state index in [1.165, 1.54) is 11.3 Å². The van der Waals surface area contributed by atoms with Gasteiger partial charge in [0.05, 0.1) is 12.7 Å². The Morgan fingerprint density at radius 1 is 1.43 bits per heavy atom. The lowest BCUT2D eigenvalue weighted by atomic mass is 10.3. The second kappa shape index (κ2) is 7.12. The van der Waals surface area contributed by atoms with E-state index >= 15 is 0 Å².